The molecule has 2 radical (unpaired) electrons. The number of carbonyl (C=O) groups excluding carboxylic acids is 3. The number of hydrogen-bond donors (Lipinski definition) is 2. The molecule has 1 aromatic carbocycles. The Kier molecular flexibility index (Phi) is 6.55. The van der Waals surface area contributed by atoms with Crippen LogP contribution in [0.1, 0.15) is 73.4 Å². The zero-order valence-corrected chi connectivity index (χ0v) is 20.0. The highest BCUT2D eigenvalue weighted by atomic mass is 16.5. The van der Waals surface area contributed by atoms with Gasteiger partial charge < -0.3 is 15.0 Å². The third kappa shape index (κ3) is 4.94. The topological polar surface area (TPSA) is 87.7 Å². The summed E-state index contributed by atoms with van der Waals surface area (Å²) in [7, 11) is 6.31. The zero-order valence-electron chi connectivity index (χ0n) is 20.0. The lowest BCUT2D eigenvalue weighted by Crippen LogP contribution is -2.52. The molecule has 3 aliphatic heterocycles. The van der Waals surface area contributed by atoms with Gasteiger partial charge in [0.15, 0.2) is 0 Å². The van der Waals surface area contributed by atoms with E-state index in [0.29, 0.717) is 36.5 Å². The second-order valence-corrected chi connectivity index (χ2v) is 10.9. The number of fused-ring (bicyclic) bond motifs is 1. The smallest absolute Gasteiger partial charge is 0.255 e. The van der Waals surface area contributed by atoms with Crippen molar-refractivity contribution in [1.29, 1.82) is 0 Å². The van der Waals surface area contributed by atoms with Crippen molar-refractivity contribution < 1.29 is 19.1 Å². The molecule has 3 amide bonds. The summed E-state index contributed by atoms with van der Waals surface area (Å²) >= 11 is 0. The van der Waals surface area contributed by atoms with Gasteiger partial charge in [0, 0.05) is 37.2 Å². The molecular weight excluding hydrogens is 429 g/mol. The van der Waals surface area contributed by atoms with E-state index in [0.717, 1.165) is 57.3 Å². The molecule has 2 saturated heterocycles. The van der Waals surface area contributed by atoms with Gasteiger partial charge in [0.2, 0.25) is 11.8 Å². The molecular formula is C26H34BN3O4. The maximum absolute atomic E-state index is 13.0. The van der Waals surface area contributed by atoms with E-state index < -0.39 is 6.04 Å². The Morgan fingerprint density at radius 2 is 1.97 bits per heavy atom. The molecule has 3 heterocycles. The minimum atomic E-state index is -0.573. The first-order valence-electron chi connectivity index (χ1n) is 12.7. The molecule has 4 aliphatic rings. The zero-order chi connectivity index (χ0) is 23.9. The largest absolute Gasteiger partial charge is 0.380 e. The van der Waals surface area contributed by atoms with Gasteiger partial charge in [-0.1, -0.05) is 37.2 Å². The van der Waals surface area contributed by atoms with Gasteiger partial charge in [0.1, 0.15) is 6.04 Å². The van der Waals surface area contributed by atoms with Gasteiger partial charge in [-0.3, -0.25) is 19.7 Å². The van der Waals surface area contributed by atoms with Crippen LogP contribution in [0.4, 0.5) is 0 Å². The van der Waals surface area contributed by atoms with Crippen molar-refractivity contribution in [2.45, 2.75) is 88.3 Å². The van der Waals surface area contributed by atoms with Gasteiger partial charge in [-0.25, -0.2) is 0 Å². The molecule has 0 aromatic heterocycles. The summed E-state index contributed by atoms with van der Waals surface area (Å²) in [5.41, 5.74) is 2.86. The van der Waals surface area contributed by atoms with Crippen molar-refractivity contribution >= 4 is 25.6 Å². The molecule has 1 aliphatic carbocycles. The van der Waals surface area contributed by atoms with Gasteiger partial charge in [0.25, 0.3) is 5.91 Å². The van der Waals surface area contributed by atoms with E-state index in [-0.39, 0.29) is 29.5 Å². The number of benzene rings is 1. The molecule has 5 rings (SSSR count). The van der Waals surface area contributed by atoms with Crippen molar-refractivity contribution in [3.8, 4) is 0 Å². The Bertz CT molecular complexity index is 971. The van der Waals surface area contributed by atoms with Crippen molar-refractivity contribution in [2.75, 3.05) is 13.2 Å². The average molecular weight is 463 g/mol. The Labute approximate surface area is 202 Å². The number of rotatable bonds is 5. The van der Waals surface area contributed by atoms with E-state index in [9.17, 15) is 14.4 Å². The molecule has 1 saturated carbocycles. The van der Waals surface area contributed by atoms with Gasteiger partial charge in [-0.05, 0) is 55.2 Å². The number of carbonyl (C=O) groups is 3. The van der Waals surface area contributed by atoms with Crippen LogP contribution in [0.2, 0.25) is 5.31 Å². The molecule has 180 valence electrons. The van der Waals surface area contributed by atoms with E-state index in [1.165, 1.54) is 5.56 Å². The monoisotopic (exact) mass is 463 g/mol. The maximum atomic E-state index is 13.0. The van der Waals surface area contributed by atoms with Crippen molar-refractivity contribution in [1.82, 2.24) is 15.5 Å². The van der Waals surface area contributed by atoms with E-state index >= 15 is 0 Å². The predicted octanol–water partition coefficient (Wildman–Crippen LogP) is 2.27. The predicted molar refractivity (Wildman–Crippen MR) is 128 cm³/mol. The molecule has 8 heteroatoms. The van der Waals surface area contributed by atoms with Gasteiger partial charge in [-0.2, -0.15) is 0 Å². The normalized spacial score (nSPS) is 34.1. The van der Waals surface area contributed by atoms with Gasteiger partial charge in [-0.15, -0.1) is 0 Å². The van der Waals surface area contributed by atoms with Crippen molar-refractivity contribution in [3.05, 3.63) is 34.9 Å². The van der Waals surface area contributed by atoms with Crippen molar-refractivity contribution in [2.24, 2.45) is 5.92 Å². The number of piperidine rings is 1. The van der Waals surface area contributed by atoms with Crippen molar-refractivity contribution in [3.63, 3.8) is 0 Å². The second kappa shape index (κ2) is 9.46. The second-order valence-electron chi connectivity index (χ2n) is 10.9. The fraction of sp³-hybridized carbons (Fsp3) is 0.654. The van der Waals surface area contributed by atoms with Crippen LogP contribution in [0.25, 0.3) is 0 Å². The van der Waals surface area contributed by atoms with E-state index in [4.69, 9.17) is 12.6 Å². The molecule has 3 fully saturated rings. The summed E-state index contributed by atoms with van der Waals surface area (Å²) in [6, 6.07) is 6.32. The first-order chi connectivity index (χ1) is 16.3. The number of nitrogens with one attached hydrogen (secondary N) is 2. The molecule has 7 nitrogen and oxygen atoms in total. The summed E-state index contributed by atoms with van der Waals surface area (Å²) in [4.78, 5) is 38.4. The minimum absolute atomic E-state index is 0.0375. The minimum Gasteiger partial charge on any atom is -0.380 e. The number of hydrogen-bond acceptors (Lipinski definition) is 5. The number of nitrogens with zero attached hydrogens (tertiary/aromatic N) is 1. The van der Waals surface area contributed by atoms with Crippen LogP contribution in [-0.4, -0.2) is 61.8 Å². The third-order valence-corrected chi connectivity index (χ3v) is 8.16. The highest BCUT2D eigenvalue weighted by Crippen LogP contribution is 2.39. The Morgan fingerprint density at radius 1 is 1.18 bits per heavy atom. The molecule has 0 bridgehead atoms. The highest BCUT2D eigenvalue weighted by molar-refractivity contribution is 6.14. The summed E-state index contributed by atoms with van der Waals surface area (Å²) in [5, 5.41) is 6.20. The number of imide groups is 1. The first-order valence-corrected chi connectivity index (χ1v) is 12.7. The Hall–Kier alpha value is -2.19. The van der Waals surface area contributed by atoms with E-state index in [2.05, 4.69) is 29.7 Å². The fourth-order valence-corrected chi connectivity index (χ4v) is 6.01. The van der Waals surface area contributed by atoms with Crippen LogP contribution in [0.3, 0.4) is 0 Å². The van der Waals surface area contributed by atoms with Crippen LogP contribution >= 0.6 is 0 Å². The van der Waals surface area contributed by atoms with E-state index in [1.807, 2.05) is 6.07 Å². The third-order valence-electron chi connectivity index (χ3n) is 8.16. The average Bonchev–Trinajstić information content (AvgIpc) is 3.12. The molecule has 0 spiro atoms. The van der Waals surface area contributed by atoms with Crippen LogP contribution in [-0.2, 0) is 27.3 Å². The standard InChI is InChI=1S/C26H34BN3O4/c1-26(27)9-6-19(7-10-26)28-21-15-34-11-8-17(21)12-16-2-3-20-18(13-16)14-30(25(20)33)22-4-5-23(31)29-24(22)32/h2-3,13,17,19,21-22,28H,4-12,14-15H2,1H3,(H,29,31,32)/t17-,19?,21?,22?,26?/m1/s1. The Morgan fingerprint density at radius 3 is 2.74 bits per heavy atom. The molecule has 2 unspecified atom stereocenters. The lowest BCUT2D eigenvalue weighted by atomic mass is 9.61. The summed E-state index contributed by atoms with van der Waals surface area (Å²) in [6.45, 7) is 4.08. The van der Waals surface area contributed by atoms with Crippen LogP contribution in [0.5, 0.6) is 0 Å². The van der Waals surface area contributed by atoms with E-state index in [1.54, 1.807) is 4.90 Å². The maximum Gasteiger partial charge on any atom is 0.255 e. The quantitative estimate of drug-likeness (QED) is 0.517. The van der Waals surface area contributed by atoms with Gasteiger partial charge >= 0.3 is 0 Å². The van der Waals surface area contributed by atoms with Crippen LogP contribution < -0.4 is 10.6 Å². The molecule has 2 N–H and O–H groups in total. The highest BCUT2D eigenvalue weighted by Gasteiger charge is 2.39. The number of ether oxygens (including phenoxy) is 1. The fourth-order valence-electron chi connectivity index (χ4n) is 6.01. The lowest BCUT2D eigenvalue weighted by molar-refractivity contribution is -0.136. The van der Waals surface area contributed by atoms with Crippen LogP contribution in [0.15, 0.2) is 18.2 Å². The summed E-state index contributed by atoms with van der Waals surface area (Å²) in [6.07, 6.45) is 6.90. The number of amides is 3. The SMILES string of the molecule is [B]C1(C)CCC(NC2COCC[C@@H]2Cc2ccc3c(c2)CN(C2CCC(=O)NC2=O)C3=O)CC1. The lowest BCUT2D eigenvalue weighted by Gasteiger charge is -2.40. The molecule has 3 atom stereocenters. The molecule has 34 heavy (non-hydrogen) atoms. The Balaban J connectivity index is 1.24. The first kappa shape index (κ1) is 23.6. The summed E-state index contributed by atoms with van der Waals surface area (Å²) < 4.78 is 5.82. The molecule has 1 aromatic rings. The van der Waals surface area contributed by atoms with Crippen LogP contribution in [0, 0.1) is 5.92 Å². The summed E-state index contributed by atoms with van der Waals surface area (Å²) in [5.74, 6) is -0.281. The van der Waals surface area contributed by atoms with Gasteiger partial charge in [0.05, 0.1) is 14.5 Å².